The summed E-state index contributed by atoms with van der Waals surface area (Å²) in [6.45, 7) is 0. The number of nitrogens with zero attached hydrogens (tertiary/aromatic N) is 4. The van der Waals surface area contributed by atoms with Crippen molar-refractivity contribution in [3.63, 3.8) is 0 Å². The van der Waals surface area contributed by atoms with Crippen molar-refractivity contribution in [1.82, 2.24) is 25.0 Å². The second kappa shape index (κ2) is 6.08. The second-order valence-corrected chi connectivity index (χ2v) is 5.38. The minimum Gasteiger partial charge on any atom is -0.463 e. The SMILES string of the molecule is Cn1cc(NC(=O)c2cc(-c3ccco3)[nH]n2)c(-c2ccccn2)n1. The number of rotatable bonds is 4. The highest BCUT2D eigenvalue weighted by Gasteiger charge is 2.17. The average Bonchev–Trinajstić information content (AvgIpc) is 3.36. The highest BCUT2D eigenvalue weighted by atomic mass is 16.3. The van der Waals surface area contributed by atoms with E-state index in [1.807, 2.05) is 18.2 Å². The monoisotopic (exact) mass is 334 g/mol. The molecule has 0 aromatic carbocycles. The molecule has 0 saturated heterocycles. The molecule has 2 N–H and O–H groups in total. The Hall–Kier alpha value is -3.68. The first-order valence-corrected chi connectivity index (χ1v) is 7.56. The Kier molecular flexibility index (Phi) is 3.62. The van der Waals surface area contributed by atoms with Crippen LogP contribution in [-0.4, -0.2) is 30.9 Å². The number of pyridine rings is 1. The van der Waals surface area contributed by atoms with Crippen LogP contribution in [0.2, 0.25) is 0 Å². The molecule has 0 bridgehead atoms. The van der Waals surface area contributed by atoms with Crippen LogP contribution in [0.15, 0.2) is 59.5 Å². The molecule has 1 amide bonds. The minimum atomic E-state index is -0.348. The zero-order valence-corrected chi connectivity index (χ0v) is 13.3. The maximum Gasteiger partial charge on any atom is 0.276 e. The molecule has 0 aliphatic rings. The number of hydrogen-bond acceptors (Lipinski definition) is 5. The van der Waals surface area contributed by atoms with Crippen molar-refractivity contribution >= 4 is 11.6 Å². The lowest BCUT2D eigenvalue weighted by Gasteiger charge is -2.02. The third-order valence-corrected chi connectivity index (χ3v) is 3.58. The van der Waals surface area contributed by atoms with Crippen molar-refractivity contribution in [3.05, 3.63) is 60.7 Å². The lowest BCUT2D eigenvalue weighted by Crippen LogP contribution is -2.12. The van der Waals surface area contributed by atoms with Gasteiger partial charge in [0.05, 0.1) is 17.6 Å². The molecule has 4 rings (SSSR count). The third kappa shape index (κ3) is 2.92. The first kappa shape index (κ1) is 14.9. The highest BCUT2D eigenvalue weighted by molar-refractivity contribution is 6.05. The summed E-state index contributed by atoms with van der Waals surface area (Å²) in [5.41, 5.74) is 2.72. The number of carbonyl (C=O) groups is 1. The van der Waals surface area contributed by atoms with E-state index in [1.165, 1.54) is 0 Å². The van der Waals surface area contributed by atoms with E-state index in [2.05, 4.69) is 25.6 Å². The summed E-state index contributed by atoms with van der Waals surface area (Å²) in [5, 5.41) is 14.0. The molecule has 0 spiro atoms. The number of carbonyl (C=O) groups excluding carboxylic acids is 1. The first-order chi connectivity index (χ1) is 12.2. The predicted molar refractivity (Wildman–Crippen MR) is 90.7 cm³/mol. The van der Waals surface area contributed by atoms with E-state index in [1.54, 1.807) is 48.6 Å². The van der Waals surface area contributed by atoms with Crippen LogP contribution >= 0.6 is 0 Å². The smallest absolute Gasteiger partial charge is 0.276 e. The van der Waals surface area contributed by atoms with Crippen LogP contribution < -0.4 is 5.32 Å². The number of hydrogen-bond donors (Lipinski definition) is 2. The first-order valence-electron chi connectivity index (χ1n) is 7.56. The van der Waals surface area contributed by atoms with Crippen LogP contribution in [0.4, 0.5) is 5.69 Å². The molecule has 0 unspecified atom stereocenters. The van der Waals surface area contributed by atoms with E-state index in [4.69, 9.17) is 4.42 Å². The zero-order chi connectivity index (χ0) is 17.2. The molecule has 4 aromatic rings. The van der Waals surface area contributed by atoms with Gasteiger partial charge in [-0.2, -0.15) is 10.2 Å². The molecule has 0 saturated carbocycles. The largest absolute Gasteiger partial charge is 0.463 e. The van der Waals surface area contributed by atoms with Gasteiger partial charge in [0.1, 0.15) is 11.4 Å². The fourth-order valence-electron chi connectivity index (χ4n) is 2.45. The Labute approximate surface area is 142 Å². The Bertz CT molecular complexity index is 1000. The van der Waals surface area contributed by atoms with Gasteiger partial charge in [-0.3, -0.25) is 19.6 Å². The van der Waals surface area contributed by atoms with Gasteiger partial charge in [0, 0.05) is 25.5 Å². The number of anilines is 1. The standard InChI is InChI=1S/C17H14N6O2/c1-23-10-14(16(22-23)11-5-2-3-7-18-11)19-17(24)13-9-12(20-21-13)15-6-4-8-25-15/h2-10H,1H3,(H,19,24)(H,20,21). The van der Waals surface area contributed by atoms with Gasteiger partial charge in [-0.1, -0.05) is 6.07 Å². The molecule has 0 aliphatic carbocycles. The molecular weight excluding hydrogens is 320 g/mol. The summed E-state index contributed by atoms with van der Waals surface area (Å²) in [5.74, 6) is 0.265. The molecule has 4 aromatic heterocycles. The van der Waals surface area contributed by atoms with Gasteiger partial charge in [-0.25, -0.2) is 0 Å². The van der Waals surface area contributed by atoms with Crippen LogP contribution in [0.25, 0.3) is 22.8 Å². The molecule has 0 atom stereocenters. The summed E-state index contributed by atoms with van der Waals surface area (Å²) in [4.78, 5) is 16.8. The van der Waals surface area contributed by atoms with Crippen LogP contribution in [0, 0.1) is 0 Å². The maximum atomic E-state index is 12.5. The van der Waals surface area contributed by atoms with Gasteiger partial charge in [0.25, 0.3) is 5.91 Å². The van der Waals surface area contributed by atoms with E-state index >= 15 is 0 Å². The van der Waals surface area contributed by atoms with E-state index in [0.717, 1.165) is 0 Å². The van der Waals surface area contributed by atoms with Gasteiger partial charge in [0.15, 0.2) is 11.5 Å². The molecule has 25 heavy (non-hydrogen) atoms. The van der Waals surface area contributed by atoms with Gasteiger partial charge < -0.3 is 9.73 Å². The Morgan fingerprint density at radius 1 is 1.28 bits per heavy atom. The molecule has 0 radical (unpaired) electrons. The molecular formula is C17H14N6O2. The quantitative estimate of drug-likeness (QED) is 0.597. The Morgan fingerprint density at radius 3 is 2.96 bits per heavy atom. The minimum absolute atomic E-state index is 0.252. The summed E-state index contributed by atoms with van der Waals surface area (Å²) in [6, 6.07) is 10.7. The molecule has 4 heterocycles. The lowest BCUT2D eigenvalue weighted by molar-refractivity contribution is 0.102. The van der Waals surface area contributed by atoms with Crippen molar-refractivity contribution in [3.8, 4) is 22.8 Å². The summed E-state index contributed by atoms with van der Waals surface area (Å²) < 4.78 is 6.91. The Morgan fingerprint density at radius 2 is 2.20 bits per heavy atom. The number of aryl methyl sites for hydroxylation is 1. The number of aromatic nitrogens is 5. The summed E-state index contributed by atoms with van der Waals surface area (Å²) in [7, 11) is 1.78. The van der Waals surface area contributed by atoms with Gasteiger partial charge in [-0.05, 0) is 24.3 Å². The van der Waals surface area contributed by atoms with Crippen LogP contribution in [0.3, 0.4) is 0 Å². The number of furan rings is 1. The average molecular weight is 334 g/mol. The van der Waals surface area contributed by atoms with Gasteiger partial charge in [0.2, 0.25) is 0 Å². The number of amides is 1. The Balaban J connectivity index is 1.60. The fraction of sp³-hybridized carbons (Fsp3) is 0.0588. The van der Waals surface area contributed by atoms with Gasteiger partial charge in [-0.15, -0.1) is 0 Å². The zero-order valence-electron chi connectivity index (χ0n) is 13.3. The van der Waals surface area contributed by atoms with Gasteiger partial charge >= 0.3 is 0 Å². The van der Waals surface area contributed by atoms with Crippen LogP contribution in [0.1, 0.15) is 10.5 Å². The fourth-order valence-corrected chi connectivity index (χ4v) is 2.45. The highest BCUT2D eigenvalue weighted by Crippen LogP contribution is 2.25. The molecule has 0 fully saturated rings. The second-order valence-electron chi connectivity index (χ2n) is 5.38. The van der Waals surface area contributed by atoms with Crippen molar-refractivity contribution in [1.29, 1.82) is 0 Å². The molecule has 124 valence electrons. The van der Waals surface area contributed by atoms with Crippen molar-refractivity contribution in [2.45, 2.75) is 0 Å². The van der Waals surface area contributed by atoms with Crippen LogP contribution in [-0.2, 0) is 7.05 Å². The lowest BCUT2D eigenvalue weighted by atomic mass is 10.2. The number of H-pyrrole nitrogens is 1. The van der Waals surface area contributed by atoms with Crippen molar-refractivity contribution in [2.75, 3.05) is 5.32 Å². The van der Waals surface area contributed by atoms with Crippen molar-refractivity contribution < 1.29 is 9.21 Å². The number of aromatic amines is 1. The summed E-state index contributed by atoms with van der Waals surface area (Å²) in [6.07, 6.45) is 4.96. The third-order valence-electron chi connectivity index (χ3n) is 3.58. The maximum absolute atomic E-state index is 12.5. The van der Waals surface area contributed by atoms with E-state index in [-0.39, 0.29) is 11.6 Å². The van der Waals surface area contributed by atoms with E-state index in [0.29, 0.717) is 28.5 Å². The topological polar surface area (TPSA) is 102 Å². The number of nitrogens with one attached hydrogen (secondary N) is 2. The van der Waals surface area contributed by atoms with E-state index in [9.17, 15) is 4.79 Å². The molecule has 8 nitrogen and oxygen atoms in total. The predicted octanol–water partition coefficient (Wildman–Crippen LogP) is 2.72. The van der Waals surface area contributed by atoms with E-state index < -0.39 is 0 Å². The van der Waals surface area contributed by atoms with Crippen molar-refractivity contribution in [2.24, 2.45) is 7.05 Å². The molecule has 8 heteroatoms. The molecule has 0 aliphatic heterocycles. The summed E-state index contributed by atoms with van der Waals surface area (Å²) >= 11 is 0. The normalized spacial score (nSPS) is 10.8. The van der Waals surface area contributed by atoms with Crippen LogP contribution in [0.5, 0.6) is 0 Å².